The van der Waals surface area contributed by atoms with E-state index in [2.05, 4.69) is 40.1 Å². The molecule has 1 N–H and O–H groups in total. The van der Waals surface area contributed by atoms with Crippen molar-refractivity contribution in [1.29, 1.82) is 0 Å². The van der Waals surface area contributed by atoms with Crippen LogP contribution in [-0.2, 0) is 0 Å². The maximum absolute atomic E-state index is 4.37. The Labute approximate surface area is 110 Å². The molecule has 0 spiro atoms. The lowest BCUT2D eigenvalue weighted by Crippen LogP contribution is -2.46. The average Bonchev–Trinajstić information content (AvgIpc) is 2.42. The Balaban J connectivity index is 1.66. The van der Waals surface area contributed by atoms with E-state index in [0.29, 0.717) is 6.04 Å². The summed E-state index contributed by atoms with van der Waals surface area (Å²) in [6, 6.07) is 6.41. The third-order valence-electron chi connectivity index (χ3n) is 3.61. The lowest BCUT2D eigenvalue weighted by atomic mass is 10.2. The van der Waals surface area contributed by atoms with Crippen LogP contribution in [0, 0.1) is 0 Å². The Morgan fingerprint density at radius 2 is 2.06 bits per heavy atom. The molecule has 1 aliphatic heterocycles. The Bertz CT molecular complexity index is 333. The van der Waals surface area contributed by atoms with E-state index in [-0.39, 0.29) is 0 Å². The normalized spacial score (nSPS) is 19.9. The SMILES string of the molecule is CC(NCCN1CCN(C)CC1)c1ccccn1. The van der Waals surface area contributed by atoms with E-state index in [1.54, 1.807) is 0 Å². The molecule has 100 valence electrons. The summed E-state index contributed by atoms with van der Waals surface area (Å²) in [6.07, 6.45) is 1.86. The van der Waals surface area contributed by atoms with Crippen LogP contribution in [0.5, 0.6) is 0 Å². The lowest BCUT2D eigenvalue weighted by Gasteiger charge is -2.32. The smallest absolute Gasteiger partial charge is 0.0570 e. The monoisotopic (exact) mass is 248 g/mol. The molecule has 0 saturated carbocycles. The predicted molar refractivity (Wildman–Crippen MR) is 74.6 cm³/mol. The molecule has 1 atom stereocenters. The van der Waals surface area contributed by atoms with Gasteiger partial charge in [0.15, 0.2) is 0 Å². The van der Waals surface area contributed by atoms with E-state index in [4.69, 9.17) is 0 Å². The third kappa shape index (κ3) is 4.05. The van der Waals surface area contributed by atoms with Crippen LogP contribution in [0.25, 0.3) is 0 Å². The molecule has 4 heteroatoms. The number of pyridine rings is 1. The van der Waals surface area contributed by atoms with Gasteiger partial charge >= 0.3 is 0 Å². The molecule has 1 aromatic heterocycles. The van der Waals surface area contributed by atoms with Crippen molar-refractivity contribution < 1.29 is 0 Å². The minimum absolute atomic E-state index is 0.332. The highest BCUT2D eigenvalue weighted by molar-refractivity contribution is 5.07. The fraction of sp³-hybridized carbons (Fsp3) is 0.643. The van der Waals surface area contributed by atoms with Crippen molar-refractivity contribution in [3.8, 4) is 0 Å². The van der Waals surface area contributed by atoms with Gasteiger partial charge in [-0.05, 0) is 26.1 Å². The minimum Gasteiger partial charge on any atom is -0.308 e. The van der Waals surface area contributed by atoms with Crippen molar-refractivity contribution in [3.63, 3.8) is 0 Å². The molecule has 1 unspecified atom stereocenters. The average molecular weight is 248 g/mol. The van der Waals surface area contributed by atoms with Gasteiger partial charge in [-0.15, -0.1) is 0 Å². The van der Waals surface area contributed by atoms with Crippen LogP contribution in [0.2, 0.25) is 0 Å². The molecule has 0 aromatic carbocycles. The van der Waals surface area contributed by atoms with Gasteiger partial charge in [0, 0.05) is 51.5 Å². The van der Waals surface area contributed by atoms with E-state index in [9.17, 15) is 0 Å². The molecular weight excluding hydrogens is 224 g/mol. The Kier molecular flexibility index (Phi) is 5.11. The molecule has 2 rings (SSSR count). The Morgan fingerprint density at radius 3 is 2.72 bits per heavy atom. The number of aromatic nitrogens is 1. The molecule has 0 bridgehead atoms. The molecular formula is C14H24N4. The standard InChI is InChI=1S/C14H24N4/c1-13(14-5-3-4-6-16-14)15-7-8-18-11-9-17(2)10-12-18/h3-6,13,15H,7-12H2,1-2H3. The fourth-order valence-corrected chi connectivity index (χ4v) is 2.25. The highest BCUT2D eigenvalue weighted by Gasteiger charge is 2.13. The minimum atomic E-state index is 0.332. The summed E-state index contributed by atoms with van der Waals surface area (Å²) in [5.41, 5.74) is 1.12. The zero-order chi connectivity index (χ0) is 12.8. The van der Waals surface area contributed by atoms with E-state index in [1.165, 1.54) is 26.2 Å². The summed E-state index contributed by atoms with van der Waals surface area (Å²) in [5, 5.41) is 3.54. The first-order valence-electron chi connectivity index (χ1n) is 6.81. The maximum atomic E-state index is 4.37. The number of piperazine rings is 1. The van der Waals surface area contributed by atoms with E-state index < -0.39 is 0 Å². The summed E-state index contributed by atoms with van der Waals surface area (Å²) < 4.78 is 0. The first kappa shape index (κ1) is 13.5. The van der Waals surface area contributed by atoms with E-state index in [1.807, 2.05) is 18.3 Å². The van der Waals surface area contributed by atoms with Crippen molar-refractivity contribution >= 4 is 0 Å². The zero-order valence-corrected chi connectivity index (χ0v) is 11.5. The van der Waals surface area contributed by atoms with Gasteiger partial charge in [0.25, 0.3) is 0 Å². The van der Waals surface area contributed by atoms with Gasteiger partial charge in [0.2, 0.25) is 0 Å². The molecule has 1 aliphatic rings. The van der Waals surface area contributed by atoms with E-state index >= 15 is 0 Å². The highest BCUT2D eigenvalue weighted by Crippen LogP contribution is 2.07. The van der Waals surface area contributed by atoms with Crippen LogP contribution < -0.4 is 5.32 Å². The Morgan fingerprint density at radius 1 is 1.28 bits per heavy atom. The van der Waals surface area contributed by atoms with Gasteiger partial charge in [-0.1, -0.05) is 6.07 Å². The first-order valence-corrected chi connectivity index (χ1v) is 6.81. The van der Waals surface area contributed by atoms with E-state index in [0.717, 1.165) is 18.8 Å². The van der Waals surface area contributed by atoms with Crippen LogP contribution in [0.15, 0.2) is 24.4 Å². The second kappa shape index (κ2) is 6.83. The molecule has 1 aromatic rings. The van der Waals surface area contributed by atoms with Crippen molar-refractivity contribution in [2.45, 2.75) is 13.0 Å². The van der Waals surface area contributed by atoms with Gasteiger partial charge in [0.1, 0.15) is 0 Å². The second-order valence-corrected chi connectivity index (χ2v) is 5.08. The fourth-order valence-electron chi connectivity index (χ4n) is 2.25. The number of hydrogen-bond donors (Lipinski definition) is 1. The highest BCUT2D eigenvalue weighted by atomic mass is 15.2. The van der Waals surface area contributed by atoms with Crippen molar-refractivity contribution in [2.75, 3.05) is 46.3 Å². The van der Waals surface area contributed by atoms with Crippen molar-refractivity contribution in [1.82, 2.24) is 20.1 Å². The van der Waals surface area contributed by atoms with Gasteiger partial charge in [0.05, 0.1) is 5.69 Å². The summed E-state index contributed by atoms with van der Waals surface area (Å²) in [4.78, 5) is 9.29. The van der Waals surface area contributed by atoms with Gasteiger partial charge in [-0.25, -0.2) is 0 Å². The molecule has 0 amide bonds. The van der Waals surface area contributed by atoms with Crippen LogP contribution in [-0.4, -0.2) is 61.1 Å². The van der Waals surface area contributed by atoms with Gasteiger partial charge < -0.3 is 10.2 Å². The second-order valence-electron chi connectivity index (χ2n) is 5.08. The zero-order valence-electron chi connectivity index (χ0n) is 11.5. The molecule has 0 radical (unpaired) electrons. The first-order chi connectivity index (χ1) is 8.75. The lowest BCUT2D eigenvalue weighted by molar-refractivity contribution is 0.154. The number of hydrogen-bond acceptors (Lipinski definition) is 4. The molecule has 1 saturated heterocycles. The maximum Gasteiger partial charge on any atom is 0.0570 e. The van der Waals surface area contributed by atoms with Crippen molar-refractivity contribution in [2.24, 2.45) is 0 Å². The number of nitrogens with zero attached hydrogens (tertiary/aromatic N) is 3. The summed E-state index contributed by atoms with van der Waals surface area (Å²) in [6.45, 7) is 9.09. The third-order valence-corrected chi connectivity index (χ3v) is 3.61. The number of rotatable bonds is 5. The van der Waals surface area contributed by atoms with Crippen molar-refractivity contribution in [3.05, 3.63) is 30.1 Å². The molecule has 2 heterocycles. The molecule has 0 aliphatic carbocycles. The summed E-state index contributed by atoms with van der Waals surface area (Å²) in [5.74, 6) is 0. The topological polar surface area (TPSA) is 31.4 Å². The number of nitrogens with one attached hydrogen (secondary N) is 1. The summed E-state index contributed by atoms with van der Waals surface area (Å²) >= 11 is 0. The number of likely N-dealkylation sites (N-methyl/N-ethyl adjacent to an activating group) is 1. The molecule has 4 nitrogen and oxygen atoms in total. The van der Waals surface area contributed by atoms with Crippen LogP contribution in [0.4, 0.5) is 0 Å². The van der Waals surface area contributed by atoms with Gasteiger partial charge in [-0.3, -0.25) is 9.88 Å². The van der Waals surface area contributed by atoms with Gasteiger partial charge in [-0.2, -0.15) is 0 Å². The van der Waals surface area contributed by atoms with Crippen LogP contribution in [0.3, 0.4) is 0 Å². The molecule has 18 heavy (non-hydrogen) atoms. The largest absolute Gasteiger partial charge is 0.308 e. The van der Waals surface area contributed by atoms with Crippen LogP contribution >= 0.6 is 0 Å². The molecule has 1 fully saturated rings. The quantitative estimate of drug-likeness (QED) is 0.842. The Hall–Kier alpha value is -0.970. The van der Waals surface area contributed by atoms with Crippen LogP contribution in [0.1, 0.15) is 18.7 Å². The predicted octanol–water partition coefficient (Wildman–Crippen LogP) is 0.980. The summed E-state index contributed by atoms with van der Waals surface area (Å²) in [7, 11) is 2.19.